The van der Waals surface area contributed by atoms with E-state index in [1.807, 2.05) is 6.92 Å². The first-order valence-corrected chi connectivity index (χ1v) is 11.9. The number of Topliss-reactive ketones (excluding diaryl/α,β-unsaturated/α-hetero) is 1. The largest absolute Gasteiger partial charge is 0.300 e. The number of unbranched alkanes of at least 4 members (excludes halogenated alkanes) is 10. The Morgan fingerprint density at radius 1 is 0.923 bits per heavy atom. The van der Waals surface area contributed by atoms with Gasteiger partial charge >= 0.3 is 0 Å². The maximum atomic E-state index is 12.1. The highest BCUT2D eigenvalue weighted by Crippen LogP contribution is 2.41. The molecule has 0 aromatic rings. The van der Waals surface area contributed by atoms with Gasteiger partial charge in [0.25, 0.3) is 0 Å². The third-order valence-corrected chi connectivity index (χ3v) is 6.66. The number of carbonyl (C=O) groups is 1. The summed E-state index contributed by atoms with van der Waals surface area (Å²) in [7, 11) is 0. The van der Waals surface area contributed by atoms with Gasteiger partial charge in [-0.2, -0.15) is 0 Å². The Balaban J connectivity index is 2.06. The molecule has 1 nitrogen and oxygen atoms in total. The fraction of sp³-hybridized carbons (Fsp3) is 0.960. The average Bonchev–Trinajstić information content (AvgIpc) is 2.57. The second-order valence-corrected chi connectivity index (χ2v) is 9.99. The normalized spacial score (nSPS) is 20.8. The van der Waals surface area contributed by atoms with E-state index in [1.165, 1.54) is 96.3 Å². The molecule has 1 aliphatic carbocycles. The molecule has 1 aliphatic rings. The van der Waals surface area contributed by atoms with Gasteiger partial charge < -0.3 is 0 Å². The minimum atomic E-state index is 0.340. The van der Waals surface area contributed by atoms with Crippen molar-refractivity contribution in [3.63, 3.8) is 0 Å². The quantitative estimate of drug-likeness (QED) is 0.266. The number of carbonyl (C=O) groups excluding carboxylic acids is 1. The molecule has 1 fully saturated rings. The van der Waals surface area contributed by atoms with Crippen LogP contribution in [0.5, 0.6) is 0 Å². The summed E-state index contributed by atoms with van der Waals surface area (Å²) in [6, 6.07) is 0. The van der Waals surface area contributed by atoms with Crippen LogP contribution < -0.4 is 0 Å². The van der Waals surface area contributed by atoms with Crippen LogP contribution in [0.2, 0.25) is 0 Å². The minimum Gasteiger partial charge on any atom is -0.300 e. The Kier molecular flexibility index (Phi) is 12.6. The van der Waals surface area contributed by atoms with Crippen LogP contribution in [0.1, 0.15) is 137 Å². The highest BCUT2D eigenvalue weighted by atomic mass is 16.1. The fourth-order valence-electron chi connectivity index (χ4n) is 5.00. The van der Waals surface area contributed by atoms with Crippen LogP contribution in [-0.4, -0.2) is 5.78 Å². The Morgan fingerprint density at radius 3 is 1.96 bits per heavy atom. The second-order valence-electron chi connectivity index (χ2n) is 9.99. The van der Waals surface area contributed by atoms with Gasteiger partial charge in [0, 0.05) is 5.92 Å². The zero-order chi connectivity index (χ0) is 19.3. The monoisotopic (exact) mass is 364 g/mol. The van der Waals surface area contributed by atoms with Crippen molar-refractivity contribution < 1.29 is 4.79 Å². The van der Waals surface area contributed by atoms with Crippen LogP contribution in [0.25, 0.3) is 0 Å². The van der Waals surface area contributed by atoms with Crippen molar-refractivity contribution in [3.8, 4) is 0 Å². The van der Waals surface area contributed by atoms with Crippen molar-refractivity contribution >= 4 is 5.78 Å². The first kappa shape index (κ1) is 23.7. The van der Waals surface area contributed by atoms with Crippen molar-refractivity contribution in [2.75, 3.05) is 0 Å². The van der Waals surface area contributed by atoms with Crippen molar-refractivity contribution in [2.24, 2.45) is 17.3 Å². The van der Waals surface area contributed by atoms with Gasteiger partial charge in [0.2, 0.25) is 0 Å². The molecule has 0 radical (unpaired) electrons. The lowest BCUT2D eigenvalue weighted by Gasteiger charge is -2.36. The van der Waals surface area contributed by atoms with Crippen LogP contribution in [0, 0.1) is 17.3 Å². The molecule has 0 saturated heterocycles. The van der Waals surface area contributed by atoms with E-state index in [1.54, 1.807) is 0 Å². The van der Waals surface area contributed by atoms with E-state index in [4.69, 9.17) is 0 Å². The van der Waals surface area contributed by atoms with E-state index in [0.29, 0.717) is 17.1 Å². The molecule has 0 N–H and O–H groups in total. The van der Waals surface area contributed by atoms with E-state index >= 15 is 0 Å². The topological polar surface area (TPSA) is 17.1 Å². The molecule has 2 unspecified atom stereocenters. The van der Waals surface area contributed by atoms with Gasteiger partial charge in [-0.15, -0.1) is 0 Å². The smallest absolute Gasteiger partial charge is 0.132 e. The van der Waals surface area contributed by atoms with Crippen molar-refractivity contribution in [2.45, 2.75) is 137 Å². The molecule has 0 spiro atoms. The molecule has 1 saturated carbocycles. The summed E-state index contributed by atoms with van der Waals surface area (Å²) in [6.07, 6.45) is 23.0. The van der Waals surface area contributed by atoms with Gasteiger partial charge in [0.05, 0.1) is 0 Å². The van der Waals surface area contributed by atoms with Crippen LogP contribution >= 0.6 is 0 Å². The third kappa shape index (κ3) is 11.4. The second kappa shape index (κ2) is 13.8. The fourth-order valence-corrected chi connectivity index (χ4v) is 5.00. The number of ketones is 1. The zero-order valence-corrected chi connectivity index (χ0v) is 18.6. The van der Waals surface area contributed by atoms with E-state index < -0.39 is 0 Å². The molecular weight excluding hydrogens is 316 g/mol. The van der Waals surface area contributed by atoms with E-state index in [-0.39, 0.29) is 0 Å². The van der Waals surface area contributed by atoms with Crippen LogP contribution in [0.3, 0.4) is 0 Å². The number of rotatable bonds is 15. The molecule has 0 bridgehead atoms. The molecule has 0 aromatic heterocycles. The first-order chi connectivity index (χ1) is 12.4. The Labute approximate surface area is 165 Å². The van der Waals surface area contributed by atoms with Crippen LogP contribution in [-0.2, 0) is 4.79 Å². The Hall–Kier alpha value is -0.330. The van der Waals surface area contributed by atoms with Gasteiger partial charge in [-0.1, -0.05) is 104 Å². The molecule has 154 valence electrons. The molecule has 2 atom stereocenters. The van der Waals surface area contributed by atoms with Crippen molar-refractivity contribution in [1.82, 2.24) is 0 Å². The van der Waals surface area contributed by atoms with Crippen LogP contribution in [0.4, 0.5) is 0 Å². The predicted octanol–water partition coefficient (Wildman–Crippen LogP) is 8.50. The van der Waals surface area contributed by atoms with Gasteiger partial charge in [-0.3, -0.25) is 4.79 Å². The molecular formula is C25H48O. The standard InChI is InChI=1S/C25H48O/c1-5-6-7-8-9-10-11-12-13-14-15-18-24(22(2)26)20-23-17-16-19-25(3,4)21-23/h23-24H,5-21H2,1-4H3. The lowest BCUT2D eigenvalue weighted by atomic mass is 9.69. The predicted molar refractivity (Wildman–Crippen MR) is 116 cm³/mol. The highest BCUT2D eigenvalue weighted by Gasteiger charge is 2.30. The molecule has 1 rings (SSSR count). The lowest BCUT2D eigenvalue weighted by molar-refractivity contribution is -0.121. The summed E-state index contributed by atoms with van der Waals surface area (Å²) >= 11 is 0. The minimum absolute atomic E-state index is 0.340. The third-order valence-electron chi connectivity index (χ3n) is 6.66. The van der Waals surface area contributed by atoms with Gasteiger partial charge in [-0.25, -0.2) is 0 Å². The Bertz CT molecular complexity index is 357. The SMILES string of the molecule is CCCCCCCCCCCCCC(CC1CCCC(C)(C)C1)C(C)=O. The van der Waals surface area contributed by atoms with Gasteiger partial charge in [0.15, 0.2) is 0 Å². The maximum absolute atomic E-state index is 12.1. The van der Waals surface area contributed by atoms with Gasteiger partial charge in [0.1, 0.15) is 5.78 Å². The summed E-state index contributed by atoms with van der Waals surface area (Å²) in [5.74, 6) is 1.58. The molecule has 26 heavy (non-hydrogen) atoms. The van der Waals surface area contributed by atoms with Crippen LogP contribution in [0.15, 0.2) is 0 Å². The summed E-state index contributed by atoms with van der Waals surface area (Å²) in [6.45, 7) is 8.93. The van der Waals surface area contributed by atoms with E-state index in [2.05, 4.69) is 20.8 Å². The molecule has 0 amide bonds. The van der Waals surface area contributed by atoms with E-state index in [0.717, 1.165) is 18.8 Å². The summed E-state index contributed by atoms with van der Waals surface area (Å²) in [4.78, 5) is 12.1. The average molecular weight is 365 g/mol. The summed E-state index contributed by atoms with van der Waals surface area (Å²) in [5.41, 5.74) is 0.501. The molecule has 1 heteroatoms. The summed E-state index contributed by atoms with van der Waals surface area (Å²) in [5, 5.41) is 0. The van der Waals surface area contributed by atoms with E-state index in [9.17, 15) is 4.79 Å². The molecule has 0 aromatic carbocycles. The summed E-state index contributed by atoms with van der Waals surface area (Å²) < 4.78 is 0. The Morgan fingerprint density at radius 2 is 1.46 bits per heavy atom. The number of hydrogen-bond donors (Lipinski definition) is 0. The lowest BCUT2D eigenvalue weighted by Crippen LogP contribution is -2.26. The molecule has 0 aliphatic heterocycles. The first-order valence-electron chi connectivity index (χ1n) is 11.9. The zero-order valence-electron chi connectivity index (χ0n) is 18.6. The van der Waals surface area contributed by atoms with Crippen molar-refractivity contribution in [3.05, 3.63) is 0 Å². The van der Waals surface area contributed by atoms with Crippen molar-refractivity contribution in [1.29, 1.82) is 0 Å². The van der Waals surface area contributed by atoms with Gasteiger partial charge in [-0.05, 0) is 43.9 Å². The molecule has 0 heterocycles. The number of hydrogen-bond acceptors (Lipinski definition) is 1. The highest BCUT2D eigenvalue weighted by molar-refractivity contribution is 5.78. The maximum Gasteiger partial charge on any atom is 0.132 e.